The molecule has 0 spiro atoms. The van der Waals surface area contributed by atoms with Gasteiger partial charge in [-0.1, -0.05) is 24.3 Å². The maximum Gasteiger partial charge on any atom is 0.161 e. The van der Waals surface area contributed by atoms with E-state index in [0.717, 1.165) is 11.6 Å². The minimum absolute atomic E-state index is 0.125. The molecule has 0 saturated carbocycles. The molecule has 0 aliphatic heterocycles. The summed E-state index contributed by atoms with van der Waals surface area (Å²) in [5.41, 5.74) is 1.22. The van der Waals surface area contributed by atoms with Gasteiger partial charge in [-0.05, 0) is 23.8 Å². The normalized spacial score (nSPS) is 10.9. The Kier molecular flexibility index (Phi) is 3.10. The van der Waals surface area contributed by atoms with Gasteiger partial charge in [-0.3, -0.25) is 0 Å². The fourth-order valence-electron chi connectivity index (χ4n) is 1.49. The molecule has 0 heterocycles. The van der Waals surface area contributed by atoms with Crippen LogP contribution in [0.3, 0.4) is 0 Å². The minimum Gasteiger partial charge on any atom is -0.508 e. The first-order valence-corrected chi connectivity index (χ1v) is 5.28. The third kappa shape index (κ3) is 2.55. The van der Waals surface area contributed by atoms with E-state index >= 15 is 0 Å². The third-order valence-electron chi connectivity index (χ3n) is 2.47. The average molecular weight is 244 g/mol. The van der Waals surface area contributed by atoms with Gasteiger partial charge in [-0.25, -0.2) is 0 Å². The molecule has 0 saturated heterocycles. The summed E-state index contributed by atoms with van der Waals surface area (Å²) in [5, 5.41) is 37.2. The van der Waals surface area contributed by atoms with Gasteiger partial charge in [-0.15, -0.1) is 0 Å². The van der Waals surface area contributed by atoms with Gasteiger partial charge >= 0.3 is 0 Å². The number of aromatic hydroxyl groups is 4. The van der Waals surface area contributed by atoms with Crippen molar-refractivity contribution in [1.82, 2.24) is 0 Å². The summed E-state index contributed by atoms with van der Waals surface area (Å²) in [4.78, 5) is 0. The van der Waals surface area contributed by atoms with E-state index in [1.54, 1.807) is 36.4 Å². The van der Waals surface area contributed by atoms with Crippen molar-refractivity contribution in [2.45, 2.75) is 0 Å². The molecular weight excluding hydrogens is 232 g/mol. The van der Waals surface area contributed by atoms with Crippen molar-refractivity contribution in [3.63, 3.8) is 0 Å². The van der Waals surface area contributed by atoms with E-state index in [1.165, 1.54) is 6.07 Å². The van der Waals surface area contributed by atoms with Gasteiger partial charge in [0.05, 0.1) is 0 Å². The van der Waals surface area contributed by atoms with E-state index in [0.29, 0.717) is 5.56 Å². The van der Waals surface area contributed by atoms with Crippen LogP contribution in [0.25, 0.3) is 12.2 Å². The Morgan fingerprint density at radius 3 is 1.94 bits per heavy atom. The summed E-state index contributed by atoms with van der Waals surface area (Å²) in [6.07, 6.45) is 3.31. The summed E-state index contributed by atoms with van der Waals surface area (Å²) in [6.45, 7) is 0. The smallest absolute Gasteiger partial charge is 0.161 e. The highest BCUT2D eigenvalue weighted by Crippen LogP contribution is 2.33. The van der Waals surface area contributed by atoms with E-state index in [9.17, 15) is 15.3 Å². The third-order valence-corrected chi connectivity index (χ3v) is 2.47. The molecule has 2 rings (SSSR count). The van der Waals surface area contributed by atoms with E-state index < -0.39 is 0 Å². The highest BCUT2D eigenvalue weighted by molar-refractivity contribution is 5.74. The Morgan fingerprint density at radius 1 is 0.667 bits per heavy atom. The van der Waals surface area contributed by atoms with E-state index in [1.807, 2.05) is 0 Å². The second-order valence-corrected chi connectivity index (χ2v) is 3.82. The Labute approximate surface area is 104 Å². The van der Waals surface area contributed by atoms with Crippen LogP contribution < -0.4 is 0 Å². The van der Waals surface area contributed by atoms with Crippen LogP contribution >= 0.6 is 0 Å². The number of hydrogen-bond donors (Lipinski definition) is 4. The molecule has 0 amide bonds. The van der Waals surface area contributed by atoms with Crippen molar-refractivity contribution in [2.24, 2.45) is 0 Å². The highest BCUT2D eigenvalue weighted by atomic mass is 16.3. The first-order chi connectivity index (χ1) is 8.56. The van der Waals surface area contributed by atoms with Gasteiger partial charge in [0.2, 0.25) is 0 Å². The second-order valence-electron chi connectivity index (χ2n) is 3.82. The van der Waals surface area contributed by atoms with Crippen LogP contribution in [0.5, 0.6) is 23.0 Å². The lowest BCUT2D eigenvalue weighted by molar-refractivity contribution is 0.396. The summed E-state index contributed by atoms with van der Waals surface area (Å²) < 4.78 is 0. The molecule has 4 heteroatoms. The lowest BCUT2D eigenvalue weighted by Gasteiger charge is -2.02. The van der Waals surface area contributed by atoms with Crippen molar-refractivity contribution in [3.05, 3.63) is 47.5 Å². The molecule has 0 aliphatic carbocycles. The average Bonchev–Trinajstić information content (AvgIpc) is 2.34. The fraction of sp³-hybridized carbons (Fsp3) is 0. The van der Waals surface area contributed by atoms with Crippen molar-refractivity contribution < 1.29 is 20.4 Å². The molecule has 0 aromatic heterocycles. The van der Waals surface area contributed by atoms with Crippen molar-refractivity contribution in [2.75, 3.05) is 0 Å². The molecule has 0 aliphatic rings. The second kappa shape index (κ2) is 4.71. The van der Waals surface area contributed by atoms with E-state index in [2.05, 4.69) is 0 Å². The zero-order valence-electron chi connectivity index (χ0n) is 9.41. The van der Waals surface area contributed by atoms with Crippen LogP contribution in [0.15, 0.2) is 36.4 Å². The zero-order chi connectivity index (χ0) is 13.1. The van der Waals surface area contributed by atoms with Crippen molar-refractivity contribution in [1.29, 1.82) is 0 Å². The Hall–Kier alpha value is -2.62. The number of phenols is 4. The molecule has 0 unspecified atom stereocenters. The summed E-state index contributed by atoms with van der Waals surface area (Å²) in [5.74, 6) is -0.606. The molecule has 0 atom stereocenters. The van der Waals surface area contributed by atoms with Gasteiger partial charge in [0.25, 0.3) is 0 Å². The Balaban J connectivity index is 2.28. The number of rotatable bonds is 2. The van der Waals surface area contributed by atoms with Gasteiger partial charge in [0.15, 0.2) is 11.5 Å². The molecule has 2 aromatic rings. The fourth-order valence-corrected chi connectivity index (χ4v) is 1.49. The predicted octanol–water partition coefficient (Wildman–Crippen LogP) is 2.68. The molecular formula is C14H12O4. The molecule has 2 aromatic carbocycles. The summed E-state index contributed by atoms with van der Waals surface area (Å²) in [6, 6.07) is 8.86. The first-order valence-electron chi connectivity index (χ1n) is 5.28. The molecule has 0 fully saturated rings. The lowest BCUT2D eigenvalue weighted by Crippen LogP contribution is -1.77. The van der Waals surface area contributed by atoms with E-state index in [-0.39, 0.29) is 23.0 Å². The number of hydrogen-bond acceptors (Lipinski definition) is 4. The molecule has 0 bridgehead atoms. The molecule has 92 valence electrons. The van der Waals surface area contributed by atoms with Crippen molar-refractivity contribution >= 4 is 12.2 Å². The van der Waals surface area contributed by atoms with Crippen LogP contribution in [0, 0.1) is 0 Å². The summed E-state index contributed by atoms with van der Waals surface area (Å²) >= 11 is 0. The summed E-state index contributed by atoms with van der Waals surface area (Å²) in [7, 11) is 0. The predicted molar refractivity (Wildman–Crippen MR) is 68.5 cm³/mol. The number of benzene rings is 2. The maximum atomic E-state index is 9.58. The van der Waals surface area contributed by atoms with Crippen LogP contribution in [0.2, 0.25) is 0 Å². The highest BCUT2D eigenvalue weighted by Gasteiger charge is 2.04. The quantitative estimate of drug-likeness (QED) is 0.372. The van der Waals surface area contributed by atoms with Crippen LogP contribution in [-0.4, -0.2) is 20.4 Å². The molecule has 4 N–H and O–H groups in total. The van der Waals surface area contributed by atoms with Crippen molar-refractivity contribution in [3.8, 4) is 23.0 Å². The molecule has 0 radical (unpaired) electrons. The molecule has 18 heavy (non-hydrogen) atoms. The van der Waals surface area contributed by atoms with Crippen LogP contribution in [-0.2, 0) is 0 Å². The Morgan fingerprint density at radius 2 is 1.28 bits per heavy atom. The Bertz CT molecular complexity index is 585. The van der Waals surface area contributed by atoms with Crippen LogP contribution in [0.1, 0.15) is 11.1 Å². The van der Waals surface area contributed by atoms with Gasteiger partial charge in [0, 0.05) is 11.6 Å². The topological polar surface area (TPSA) is 80.9 Å². The monoisotopic (exact) mass is 244 g/mol. The zero-order valence-corrected chi connectivity index (χ0v) is 9.41. The lowest BCUT2D eigenvalue weighted by atomic mass is 10.1. The molecule has 4 nitrogen and oxygen atoms in total. The van der Waals surface area contributed by atoms with E-state index in [4.69, 9.17) is 5.11 Å². The van der Waals surface area contributed by atoms with Gasteiger partial charge < -0.3 is 20.4 Å². The van der Waals surface area contributed by atoms with Gasteiger partial charge in [0.1, 0.15) is 11.5 Å². The first kappa shape index (κ1) is 11.9. The SMILES string of the molecule is Oc1ccc(C=Cc2cc(O)c(O)cc2O)cc1. The van der Waals surface area contributed by atoms with Gasteiger partial charge in [-0.2, -0.15) is 0 Å². The minimum atomic E-state index is -0.366. The standard InChI is InChI=1S/C14H12O4/c15-11-5-2-9(3-6-11)1-4-10-7-13(17)14(18)8-12(10)16/h1-8,15-18H. The number of phenolic OH excluding ortho intramolecular Hbond substituents is 4. The van der Waals surface area contributed by atoms with Crippen LogP contribution in [0.4, 0.5) is 0 Å². The largest absolute Gasteiger partial charge is 0.508 e. The maximum absolute atomic E-state index is 9.58.